The lowest BCUT2D eigenvalue weighted by Gasteiger charge is -2.26. The maximum absolute atomic E-state index is 12.2. The van der Waals surface area contributed by atoms with Gasteiger partial charge in [-0.05, 0) is 12.5 Å². The fourth-order valence-electron chi connectivity index (χ4n) is 4.51. The van der Waals surface area contributed by atoms with Gasteiger partial charge in [0, 0.05) is 25.7 Å². The molecule has 2 aliphatic heterocycles. The molecule has 4 heterocycles. The Labute approximate surface area is 218 Å². The monoisotopic (exact) mass is 546 g/mol. The molecule has 0 bridgehead atoms. The molecule has 2 saturated heterocycles. The Morgan fingerprint density at radius 3 is 2.74 bits per heavy atom. The number of carbonyl (C=O) groups is 1. The van der Waals surface area contributed by atoms with E-state index < -0.39 is 44.5 Å². The molecule has 3 aromatic rings. The topological polar surface area (TPSA) is 188 Å². The minimum absolute atomic E-state index is 0.0485. The van der Waals surface area contributed by atoms with Crippen molar-refractivity contribution in [3.63, 3.8) is 0 Å². The Morgan fingerprint density at radius 1 is 1.18 bits per heavy atom. The van der Waals surface area contributed by atoms with Crippen molar-refractivity contribution in [3.05, 3.63) is 48.5 Å². The van der Waals surface area contributed by atoms with Crippen LogP contribution >= 0.6 is 7.60 Å². The zero-order chi connectivity index (χ0) is 26.7. The quantitative estimate of drug-likeness (QED) is 0.304. The first kappa shape index (κ1) is 26.6. The maximum atomic E-state index is 12.2. The molecule has 4 unspecified atom stereocenters. The molecule has 2 fully saturated rings. The first-order chi connectivity index (χ1) is 18.4. The van der Waals surface area contributed by atoms with Gasteiger partial charge < -0.3 is 39.2 Å². The number of urea groups is 1. The van der Waals surface area contributed by atoms with Gasteiger partial charge in [0.1, 0.15) is 32.2 Å². The smallest absolute Gasteiger partial charge is 0.320 e. The van der Waals surface area contributed by atoms with Crippen LogP contribution in [0.1, 0.15) is 18.7 Å². The van der Waals surface area contributed by atoms with Crippen LogP contribution in [0.3, 0.4) is 0 Å². The molecular formula is C23H29N7O7P-. The van der Waals surface area contributed by atoms with Crippen LogP contribution in [0, 0.1) is 0 Å². The third-order valence-electron chi connectivity index (χ3n) is 6.19. The molecule has 2 amide bonds. The molecule has 14 nitrogen and oxygen atoms in total. The van der Waals surface area contributed by atoms with Crippen molar-refractivity contribution in [2.45, 2.75) is 44.2 Å². The number of imidazole rings is 1. The Hall–Kier alpha value is -2.97. The lowest BCUT2D eigenvalue weighted by Crippen LogP contribution is -2.32. The number of nitrogens with one attached hydrogen (secondary N) is 2. The Kier molecular flexibility index (Phi) is 8.00. The molecule has 0 spiro atoms. The van der Waals surface area contributed by atoms with E-state index >= 15 is 0 Å². The zero-order valence-electron chi connectivity index (χ0n) is 20.6. The first-order valence-corrected chi connectivity index (χ1v) is 14.0. The predicted molar refractivity (Wildman–Crippen MR) is 133 cm³/mol. The summed E-state index contributed by atoms with van der Waals surface area (Å²) >= 11 is 0. The minimum Gasteiger partial charge on any atom is -0.778 e. The van der Waals surface area contributed by atoms with E-state index in [2.05, 4.69) is 25.6 Å². The Morgan fingerprint density at radius 2 is 1.97 bits per heavy atom. The lowest BCUT2D eigenvalue weighted by molar-refractivity contribution is -0.203. The van der Waals surface area contributed by atoms with E-state index in [-0.39, 0.29) is 25.1 Å². The summed E-state index contributed by atoms with van der Waals surface area (Å²) in [6.45, 7) is 1.94. The molecule has 38 heavy (non-hydrogen) atoms. The van der Waals surface area contributed by atoms with Gasteiger partial charge in [0.15, 0.2) is 29.5 Å². The molecule has 15 heteroatoms. The summed E-state index contributed by atoms with van der Waals surface area (Å²) in [6, 6.07) is 9.31. The van der Waals surface area contributed by atoms with Crippen LogP contribution in [0.5, 0.6) is 0 Å². The molecule has 0 aliphatic carbocycles. The van der Waals surface area contributed by atoms with Gasteiger partial charge in [0.05, 0.1) is 12.9 Å². The number of ether oxygens (including phenoxy) is 3. The minimum atomic E-state index is -4.13. The largest absolute Gasteiger partial charge is 0.778 e. The number of nitrogens with zero attached hydrogens (tertiary/aromatic N) is 4. The van der Waals surface area contributed by atoms with Crippen molar-refractivity contribution >= 4 is 30.6 Å². The van der Waals surface area contributed by atoms with Gasteiger partial charge in [0.2, 0.25) is 0 Å². The summed E-state index contributed by atoms with van der Waals surface area (Å²) in [5, 5.41) is 5.30. The second-order valence-electron chi connectivity index (χ2n) is 8.84. The number of rotatable bonds is 10. The third-order valence-corrected chi connectivity index (χ3v) is 7.54. The number of amides is 2. The highest BCUT2D eigenvalue weighted by Gasteiger charge is 2.54. The van der Waals surface area contributed by atoms with Gasteiger partial charge in [-0.2, -0.15) is 0 Å². The fraction of sp³-hybridized carbons (Fsp3) is 0.478. The van der Waals surface area contributed by atoms with Crippen molar-refractivity contribution in [1.29, 1.82) is 0 Å². The third kappa shape index (κ3) is 5.71. The Balaban J connectivity index is 1.40. The van der Waals surface area contributed by atoms with Crippen LogP contribution in [0.25, 0.3) is 11.2 Å². The van der Waals surface area contributed by atoms with Crippen molar-refractivity contribution in [3.8, 4) is 0 Å². The van der Waals surface area contributed by atoms with Gasteiger partial charge in [-0.15, -0.1) is 0 Å². The van der Waals surface area contributed by atoms with Gasteiger partial charge in [0.25, 0.3) is 0 Å². The second kappa shape index (κ2) is 11.4. The number of anilines is 1. The molecule has 204 valence electrons. The molecule has 4 N–H and O–H groups in total. The van der Waals surface area contributed by atoms with E-state index in [4.69, 9.17) is 24.5 Å². The highest BCUT2D eigenvalue weighted by Crippen LogP contribution is 2.43. The molecule has 2 aliphatic rings. The number of hydrogen-bond acceptors (Lipinski definition) is 11. The molecule has 2 aromatic heterocycles. The lowest BCUT2D eigenvalue weighted by atomic mass is 10.1. The van der Waals surface area contributed by atoms with Crippen molar-refractivity contribution in [2.24, 2.45) is 5.73 Å². The van der Waals surface area contributed by atoms with Gasteiger partial charge in [-0.1, -0.05) is 30.3 Å². The maximum Gasteiger partial charge on any atom is 0.320 e. The number of carbonyl (C=O) groups excluding carboxylic acids is 1. The SMILES string of the molecule is CCNC(=O)Nc1ncnc2c1ncn2[C@@H]1O[C@H](COP(=O)([O-])CCN)C2OC(Cc3ccccc3)OC21. The summed E-state index contributed by atoms with van der Waals surface area (Å²) in [6.07, 6.45) is -0.281. The van der Waals surface area contributed by atoms with E-state index in [1.807, 2.05) is 30.3 Å². The van der Waals surface area contributed by atoms with Crippen LogP contribution in [-0.2, 0) is 29.7 Å². The number of nitrogens with two attached hydrogens (primary N) is 1. The van der Waals surface area contributed by atoms with E-state index in [1.165, 1.54) is 12.7 Å². The molecule has 0 radical (unpaired) electrons. The number of hydrogen-bond donors (Lipinski definition) is 3. The van der Waals surface area contributed by atoms with Crippen molar-refractivity contribution in [2.75, 3.05) is 31.2 Å². The van der Waals surface area contributed by atoms with Crippen LogP contribution < -0.4 is 21.3 Å². The standard InChI is InChI=1S/C23H30N7O7P/c1-2-25-23(31)29-20-17-21(27-12-26-20)30(13-28-17)22-19-18(15(35-22)11-34-38(32,33)9-8-24)36-16(37-19)10-14-6-4-3-5-7-14/h3-7,12-13,15-16,18-19,22H,2,8-11,24H2,1H3,(H,32,33)(H2,25,26,27,29,31)/p-1/t15-,16?,18?,19?,22-/m1/s1. The zero-order valence-corrected chi connectivity index (χ0v) is 21.5. The molecule has 5 rings (SSSR count). The second-order valence-corrected chi connectivity index (χ2v) is 10.8. The van der Waals surface area contributed by atoms with Crippen LogP contribution in [0.4, 0.5) is 10.6 Å². The molecular weight excluding hydrogens is 517 g/mol. The van der Waals surface area contributed by atoms with Crippen LogP contribution in [-0.4, -0.2) is 76.0 Å². The van der Waals surface area contributed by atoms with Gasteiger partial charge in [-0.3, -0.25) is 9.88 Å². The molecule has 6 atom stereocenters. The van der Waals surface area contributed by atoms with Gasteiger partial charge in [-0.25, -0.2) is 19.7 Å². The van der Waals surface area contributed by atoms with Crippen molar-refractivity contribution < 1.29 is 33.0 Å². The first-order valence-electron chi connectivity index (χ1n) is 12.3. The van der Waals surface area contributed by atoms with Crippen molar-refractivity contribution in [1.82, 2.24) is 24.8 Å². The van der Waals surface area contributed by atoms with Crippen LogP contribution in [0.15, 0.2) is 43.0 Å². The van der Waals surface area contributed by atoms with E-state index in [1.54, 1.807) is 11.5 Å². The van der Waals surface area contributed by atoms with E-state index in [9.17, 15) is 14.3 Å². The van der Waals surface area contributed by atoms with Gasteiger partial charge >= 0.3 is 6.03 Å². The Bertz CT molecular complexity index is 1310. The number of aromatic nitrogens is 4. The highest BCUT2D eigenvalue weighted by molar-refractivity contribution is 7.51. The average molecular weight is 547 g/mol. The number of benzene rings is 1. The number of fused-ring (bicyclic) bond motifs is 2. The summed E-state index contributed by atoms with van der Waals surface area (Å²) in [7, 11) is -4.13. The average Bonchev–Trinajstić information content (AvgIpc) is 3.58. The predicted octanol–water partition coefficient (Wildman–Crippen LogP) is 0.747. The molecule has 0 saturated carbocycles. The summed E-state index contributed by atoms with van der Waals surface area (Å²) in [5.41, 5.74) is 7.16. The fourth-order valence-corrected chi connectivity index (χ4v) is 5.33. The van der Waals surface area contributed by atoms with Crippen LogP contribution in [0.2, 0.25) is 0 Å². The summed E-state index contributed by atoms with van der Waals surface area (Å²) < 4.78 is 37.7. The highest BCUT2D eigenvalue weighted by atomic mass is 31.2. The van der Waals surface area contributed by atoms with E-state index in [0.29, 0.717) is 24.1 Å². The normalized spacial score (nSPS) is 26.2. The summed E-state index contributed by atoms with van der Waals surface area (Å²) in [4.78, 5) is 37.1. The molecule has 1 aromatic carbocycles. The summed E-state index contributed by atoms with van der Waals surface area (Å²) in [5.74, 6) is 0.230. The van der Waals surface area contributed by atoms with E-state index in [0.717, 1.165) is 5.56 Å².